The molecule has 2 heteroatoms. The van der Waals surface area contributed by atoms with Gasteiger partial charge in [-0.1, -0.05) is 35.9 Å². The highest BCUT2D eigenvalue weighted by Gasteiger charge is 2.28. The fraction of sp³-hybridized carbons (Fsp3) is 0.200. The highest BCUT2D eigenvalue weighted by atomic mass is 35.5. The molecule has 0 fully saturated rings. The molecule has 0 saturated carbocycles. The van der Waals surface area contributed by atoms with Crippen LogP contribution >= 0.6 is 11.6 Å². The summed E-state index contributed by atoms with van der Waals surface area (Å²) in [5.41, 5.74) is 12.5. The Kier molecular flexibility index (Phi) is 2.46. The summed E-state index contributed by atoms with van der Waals surface area (Å²) in [6.07, 6.45) is 0. The molecule has 1 unspecified atom stereocenters. The number of benzene rings is 2. The van der Waals surface area contributed by atoms with Crippen molar-refractivity contribution < 1.29 is 0 Å². The smallest absolute Gasteiger partial charge is 0.0409 e. The molecule has 0 radical (unpaired) electrons. The average molecular weight is 244 g/mol. The summed E-state index contributed by atoms with van der Waals surface area (Å²) in [7, 11) is 0. The van der Waals surface area contributed by atoms with E-state index in [9.17, 15) is 0 Å². The maximum absolute atomic E-state index is 6.09. The lowest BCUT2D eigenvalue weighted by molar-refractivity contribution is 0.840. The molecule has 0 heterocycles. The van der Waals surface area contributed by atoms with Crippen LogP contribution < -0.4 is 5.73 Å². The van der Waals surface area contributed by atoms with E-state index in [1.54, 1.807) is 0 Å². The van der Waals surface area contributed by atoms with E-state index in [0.29, 0.717) is 12.5 Å². The van der Waals surface area contributed by atoms with Gasteiger partial charge in [-0.05, 0) is 46.9 Å². The predicted molar refractivity (Wildman–Crippen MR) is 72.5 cm³/mol. The second-order valence-corrected chi connectivity index (χ2v) is 5.00. The van der Waals surface area contributed by atoms with Crippen molar-refractivity contribution in [3.63, 3.8) is 0 Å². The first-order valence-corrected chi connectivity index (χ1v) is 6.19. The summed E-state index contributed by atoms with van der Waals surface area (Å²) >= 11 is 6.09. The van der Waals surface area contributed by atoms with Crippen LogP contribution in [0.3, 0.4) is 0 Å². The van der Waals surface area contributed by atoms with Crippen molar-refractivity contribution in [3.8, 4) is 11.1 Å². The van der Waals surface area contributed by atoms with E-state index in [1.165, 1.54) is 27.8 Å². The van der Waals surface area contributed by atoms with E-state index in [2.05, 4.69) is 31.2 Å². The summed E-state index contributed by atoms with van der Waals surface area (Å²) in [4.78, 5) is 0. The molecule has 1 nitrogen and oxygen atoms in total. The molecule has 1 aliphatic carbocycles. The van der Waals surface area contributed by atoms with Crippen molar-refractivity contribution in [3.05, 3.63) is 58.1 Å². The second-order valence-electron chi connectivity index (χ2n) is 4.56. The first kappa shape index (κ1) is 10.8. The van der Waals surface area contributed by atoms with E-state index in [1.807, 2.05) is 12.1 Å². The zero-order valence-electron chi connectivity index (χ0n) is 9.70. The SMILES string of the molecule is Cc1cccc2c1-c1ccc(Cl)cc1C2CN. The van der Waals surface area contributed by atoms with Crippen molar-refractivity contribution in [2.45, 2.75) is 12.8 Å². The third-order valence-corrected chi connectivity index (χ3v) is 3.81. The van der Waals surface area contributed by atoms with Gasteiger partial charge in [-0.2, -0.15) is 0 Å². The van der Waals surface area contributed by atoms with Crippen molar-refractivity contribution in [1.82, 2.24) is 0 Å². The summed E-state index contributed by atoms with van der Waals surface area (Å²) in [6, 6.07) is 12.5. The largest absolute Gasteiger partial charge is 0.330 e. The van der Waals surface area contributed by atoms with Crippen LogP contribution in [-0.2, 0) is 0 Å². The first-order chi connectivity index (χ1) is 8.22. The lowest BCUT2D eigenvalue weighted by Gasteiger charge is -2.10. The molecule has 0 saturated heterocycles. The lowest BCUT2D eigenvalue weighted by atomic mass is 9.96. The van der Waals surface area contributed by atoms with Gasteiger partial charge in [-0.3, -0.25) is 0 Å². The molecule has 2 aromatic carbocycles. The molecule has 2 aromatic rings. The molecular weight excluding hydrogens is 230 g/mol. The third kappa shape index (κ3) is 1.50. The number of nitrogens with two attached hydrogens (primary N) is 1. The minimum atomic E-state index is 0.290. The Morgan fingerprint density at radius 2 is 2.00 bits per heavy atom. The maximum Gasteiger partial charge on any atom is 0.0409 e. The van der Waals surface area contributed by atoms with Crippen LogP contribution in [0.5, 0.6) is 0 Å². The minimum absolute atomic E-state index is 0.290. The zero-order chi connectivity index (χ0) is 12.0. The van der Waals surface area contributed by atoms with Gasteiger partial charge in [-0.25, -0.2) is 0 Å². The Labute approximate surface area is 106 Å². The summed E-state index contributed by atoms with van der Waals surface area (Å²) in [6.45, 7) is 2.78. The van der Waals surface area contributed by atoms with Gasteiger partial charge in [-0.15, -0.1) is 0 Å². The van der Waals surface area contributed by atoms with Crippen molar-refractivity contribution in [2.24, 2.45) is 5.73 Å². The number of aryl methyl sites for hydroxylation is 1. The van der Waals surface area contributed by atoms with Gasteiger partial charge in [0.05, 0.1) is 0 Å². The highest BCUT2D eigenvalue weighted by Crippen LogP contribution is 2.46. The Morgan fingerprint density at radius 3 is 2.76 bits per heavy atom. The molecule has 3 rings (SSSR count). The number of fused-ring (bicyclic) bond motifs is 3. The van der Waals surface area contributed by atoms with Crippen LogP contribution in [0, 0.1) is 6.92 Å². The zero-order valence-corrected chi connectivity index (χ0v) is 10.5. The molecular formula is C15H14ClN. The van der Waals surface area contributed by atoms with Crippen LogP contribution in [0.15, 0.2) is 36.4 Å². The van der Waals surface area contributed by atoms with E-state index in [4.69, 9.17) is 17.3 Å². The van der Waals surface area contributed by atoms with E-state index in [-0.39, 0.29) is 0 Å². The topological polar surface area (TPSA) is 26.0 Å². The maximum atomic E-state index is 6.09. The fourth-order valence-electron chi connectivity index (χ4n) is 2.82. The monoisotopic (exact) mass is 243 g/mol. The molecule has 0 amide bonds. The first-order valence-electron chi connectivity index (χ1n) is 5.81. The van der Waals surface area contributed by atoms with Gasteiger partial charge < -0.3 is 5.73 Å². The quantitative estimate of drug-likeness (QED) is 0.812. The van der Waals surface area contributed by atoms with Gasteiger partial charge >= 0.3 is 0 Å². The van der Waals surface area contributed by atoms with E-state index >= 15 is 0 Å². The van der Waals surface area contributed by atoms with Crippen LogP contribution in [0.2, 0.25) is 5.02 Å². The second kappa shape index (κ2) is 3.86. The van der Waals surface area contributed by atoms with Crippen LogP contribution in [-0.4, -0.2) is 6.54 Å². The molecule has 0 aromatic heterocycles. The number of hydrogen-bond acceptors (Lipinski definition) is 1. The fourth-order valence-corrected chi connectivity index (χ4v) is 3.00. The van der Waals surface area contributed by atoms with Gasteiger partial charge in [0.15, 0.2) is 0 Å². The van der Waals surface area contributed by atoms with Crippen LogP contribution in [0.25, 0.3) is 11.1 Å². The lowest BCUT2D eigenvalue weighted by Crippen LogP contribution is -2.11. The molecule has 1 atom stereocenters. The van der Waals surface area contributed by atoms with Gasteiger partial charge in [0.1, 0.15) is 0 Å². The van der Waals surface area contributed by atoms with Crippen molar-refractivity contribution in [1.29, 1.82) is 0 Å². The third-order valence-electron chi connectivity index (χ3n) is 3.57. The van der Waals surface area contributed by atoms with Crippen molar-refractivity contribution in [2.75, 3.05) is 6.54 Å². The number of halogens is 1. The standard InChI is InChI=1S/C15H14ClN/c1-9-3-2-4-11-14(8-17)13-7-10(16)5-6-12(13)15(9)11/h2-7,14H,8,17H2,1H3. The molecule has 0 spiro atoms. The summed E-state index contributed by atoms with van der Waals surface area (Å²) in [5.74, 6) is 0.290. The Morgan fingerprint density at radius 1 is 1.18 bits per heavy atom. The van der Waals surface area contributed by atoms with Crippen molar-refractivity contribution >= 4 is 11.6 Å². The molecule has 17 heavy (non-hydrogen) atoms. The Hall–Kier alpha value is -1.31. The molecule has 0 bridgehead atoms. The normalized spacial score (nSPS) is 16.8. The predicted octanol–water partition coefficient (Wildman–Crippen LogP) is 3.72. The number of hydrogen-bond donors (Lipinski definition) is 1. The average Bonchev–Trinajstić information content (AvgIpc) is 2.63. The molecule has 86 valence electrons. The van der Waals surface area contributed by atoms with Gasteiger partial charge in [0.25, 0.3) is 0 Å². The van der Waals surface area contributed by atoms with Crippen LogP contribution in [0.1, 0.15) is 22.6 Å². The highest BCUT2D eigenvalue weighted by molar-refractivity contribution is 6.30. The van der Waals surface area contributed by atoms with E-state index < -0.39 is 0 Å². The minimum Gasteiger partial charge on any atom is -0.330 e. The summed E-state index contributed by atoms with van der Waals surface area (Å²) in [5, 5.41) is 0.785. The molecule has 1 aliphatic rings. The Bertz CT molecular complexity index is 589. The number of rotatable bonds is 1. The molecule has 0 aliphatic heterocycles. The Balaban J connectivity index is 2.34. The van der Waals surface area contributed by atoms with E-state index in [0.717, 1.165) is 5.02 Å². The summed E-state index contributed by atoms with van der Waals surface area (Å²) < 4.78 is 0. The van der Waals surface area contributed by atoms with Gasteiger partial charge in [0.2, 0.25) is 0 Å². The molecule has 2 N–H and O–H groups in total. The van der Waals surface area contributed by atoms with Gasteiger partial charge in [0, 0.05) is 17.5 Å². The van der Waals surface area contributed by atoms with Crippen LogP contribution in [0.4, 0.5) is 0 Å².